The van der Waals surface area contributed by atoms with Crippen molar-refractivity contribution in [3.63, 3.8) is 0 Å². The molecule has 1 aromatic heterocycles. The van der Waals surface area contributed by atoms with E-state index in [0.29, 0.717) is 13.0 Å². The van der Waals surface area contributed by atoms with Gasteiger partial charge >= 0.3 is 0 Å². The van der Waals surface area contributed by atoms with Crippen LogP contribution in [0.3, 0.4) is 0 Å². The number of carbonyl (C=O) groups excluding carboxylic acids is 1. The molecule has 3 rings (SSSR count). The van der Waals surface area contributed by atoms with E-state index in [1.165, 1.54) is 10.4 Å². The summed E-state index contributed by atoms with van der Waals surface area (Å²) in [6, 6.07) is 10.3. The van der Waals surface area contributed by atoms with Gasteiger partial charge < -0.3 is 10.1 Å². The summed E-state index contributed by atoms with van der Waals surface area (Å²) in [5.74, 6) is 1.10. The Bertz CT molecular complexity index is 607. The number of amides is 1. The molecule has 4 heteroatoms. The molecule has 0 atom stereocenters. The van der Waals surface area contributed by atoms with Crippen LogP contribution in [-0.4, -0.2) is 12.5 Å². The average Bonchev–Trinajstić information content (AvgIpc) is 3.04. The second kappa shape index (κ2) is 6.76. The van der Waals surface area contributed by atoms with Crippen LogP contribution in [0.4, 0.5) is 0 Å². The maximum atomic E-state index is 11.9. The molecule has 0 unspecified atom stereocenters. The summed E-state index contributed by atoms with van der Waals surface area (Å²) in [5, 5.41) is 5.04. The lowest BCUT2D eigenvalue weighted by molar-refractivity contribution is -0.121. The van der Waals surface area contributed by atoms with E-state index in [0.717, 1.165) is 37.2 Å². The third-order valence-corrected chi connectivity index (χ3v) is 4.58. The Hall–Kier alpha value is -1.81. The molecule has 0 fully saturated rings. The molecule has 0 aliphatic carbocycles. The highest BCUT2D eigenvalue weighted by atomic mass is 32.1. The lowest BCUT2D eigenvalue weighted by atomic mass is 10.0. The van der Waals surface area contributed by atoms with Crippen molar-refractivity contribution in [2.45, 2.75) is 32.2 Å². The van der Waals surface area contributed by atoms with Gasteiger partial charge in [0.25, 0.3) is 0 Å². The van der Waals surface area contributed by atoms with Crippen LogP contribution in [0, 0.1) is 0 Å². The van der Waals surface area contributed by atoms with Crippen LogP contribution in [0.25, 0.3) is 0 Å². The minimum atomic E-state index is 0.109. The van der Waals surface area contributed by atoms with Gasteiger partial charge in [0.2, 0.25) is 5.91 Å². The number of carbonyl (C=O) groups is 1. The highest BCUT2D eigenvalue weighted by Crippen LogP contribution is 2.25. The molecular weight excluding hydrogens is 282 g/mol. The fourth-order valence-electron chi connectivity index (χ4n) is 2.50. The van der Waals surface area contributed by atoms with Crippen LogP contribution in [0.2, 0.25) is 0 Å². The van der Waals surface area contributed by atoms with E-state index in [9.17, 15) is 4.79 Å². The molecule has 0 saturated heterocycles. The molecule has 1 amide bonds. The summed E-state index contributed by atoms with van der Waals surface area (Å²) < 4.78 is 5.60. The number of fused-ring (bicyclic) bond motifs is 1. The van der Waals surface area contributed by atoms with Crippen molar-refractivity contribution in [1.82, 2.24) is 5.32 Å². The second-order valence-electron chi connectivity index (χ2n) is 5.25. The van der Waals surface area contributed by atoms with Gasteiger partial charge in [0.15, 0.2) is 0 Å². The lowest BCUT2D eigenvalue weighted by Crippen LogP contribution is -2.23. The van der Waals surface area contributed by atoms with E-state index in [1.807, 2.05) is 23.6 Å². The molecule has 2 heterocycles. The number of hydrogen-bond donors (Lipinski definition) is 1. The first-order valence-corrected chi connectivity index (χ1v) is 8.23. The normalized spacial score (nSPS) is 13.3. The summed E-state index contributed by atoms with van der Waals surface area (Å²) in [6.45, 7) is 1.41. The number of hydrogen-bond acceptors (Lipinski definition) is 3. The van der Waals surface area contributed by atoms with Crippen molar-refractivity contribution in [2.75, 3.05) is 6.61 Å². The molecule has 2 aromatic rings. The van der Waals surface area contributed by atoms with Gasteiger partial charge in [-0.2, -0.15) is 0 Å². The van der Waals surface area contributed by atoms with Gasteiger partial charge in [-0.1, -0.05) is 18.2 Å². The summed E-state index contributed by atoms with van der Waals surface area (Å²) in [5.41, 5.74) is 2.40. The first-order chi connectivity index (χ1) is 10.3. The molecule has 0 radical (unpaired) electrons. The minimum Gasteiger partial charge on any atom is -0.493 e. The first kappa shape index (κ1) is 14.1. The van der Waals surface area contributed by atoms with Gasteiger partial charge in [0, 0.05) is 17.8 Å². The smallest absolute Gasteiger partial charge is 0.220 e. The lowest BCUT2D eigenvalue weighted by Gasteiger charge is -2.18. The molecule has 0 bridgehead atoms. The van der Waals surface area contributed by atoms with Crippen molar-refractivity contribution in [3.8, 4) is 5.75 Å². The van der Waals surface area contributed by atoms with Crippen molar-refractivity contribution in [2.24, 2.45) is 0 Å². The van der Waals surface area contributed by atoms with Gasteiger partial charge in [-0.05, 0) is 47.9 Å². The topological polar surface area (TPSA) is 38.3 Å². The molecule has 1 aliphatic heterocycles. The monoisotopic (exact) mass is 301 g/mol. The molecule has 1 aromatic carbocycles. The number of aryl methyl sites for hydroxylation is 2. The van der Waals surface area contributed by atoms with E-state index < -0.39 is 0 Å². The molecule has 1 N–H and O–H groups in total. The van der Waals surface area contributed by atoms with Gasteiger partial charge in [-0.25, -0.2) is 0 Å². The van der Waals surface area contributed by atoms with E-state index >= 15 is 0 Å². The van der Waals surface area contributed by atoms with E-state index in [1.54, 1.807) is 11.3 Å². The first-order valence-electron chi connectivity index (χ1n) is 7.35. The van der Waals surface area contributed by atoms with E-state index in [4.69, 9.17) is 4.74 Å². The number of rotatable bonds is 5. The third-order valence-electron chi connectivity index (χ3n) is 3.64. The number of benzene rings is 1. The highest BCUT2D eigenvalue weighted by molar-refractivity contribution is 7.09. The summed E-state index contributed by atoms with van der Waals surface area (Å²) >= 11 is 1.70. The predicted octanol–water partition coefficient (Wildman–Crippen LogP) is 3.32. The van der Waals surface area contributed by atoms with Gasteiger partial charge in [-0.15, -0.1) is 11.3 Å². The Balaban J connectivity index is 1.49. The van der Waals surface area contributed by atoms with Crippen LogP contribution in [0.1, 0.15) is 28.8 Å². The molecule has 0 spiro atoms. The maximum absolute atomic E-state index is 11.9. The Morgan fingerprint density at radius 3 is 3.14 bits per heavy atom. The minimum absolute atomic E-state index is 0.109. The van der Waals surface area contributed by atoms with Gasteiger partial charge in [0.1, 0.15) is 5.75 Å². The number of nitrogens with one attached hydrogen (secondary N) is 1. The molecular formula is C17H19NO2S. The van der Waals surface area contributed by atoms with Crippen molar-refractivity contribution >= 4 is 17.2 Å². The fraction of sp³-hybridized carbons (Fsp3) is 0.353. The SMILES string of the molecule is O=C(CCc1cccs1)NCc1ccc2c(c1)CCCO2. The Morgan fingerprint density at radius 2 is 2.29 bits per heavy atom. The maximum Gasteiger partial charge on any atom is 0.220 e. The number of ether oxygens (including phenoxy) is 1. The fourth-order valence-corrected chi connectivity index (χ4v) is 3.21. The zero-order valence-corrected chi connectivity index (χ0v) is 12.7. The van der Waals surface area contributed by atoms with Crippen LogP contribution in [0.5, 0.6) is 5.75 Å². The summed E-state index contributed by atoms with van der Waals surface area (Å²) in [6.07, 6.45) is 3.51. The van der Waals surface area contributed by atoms with Gasteiger partial charge in [-0.3, -0.25) is 4.79 Å². The second-order valence-corrected chi connectivity index (χ2v) is 6.28. The quantitative estimate of drug-likeness (QED) is 0.920. The zero-order valence-electron chi connectivity index (χ0n) is 11.9. The van der Waals surface area contributed by atoms with Crippen LogP contribution in [-0.2, 0) is 24.2 Å². The molecule has 110 valence electrons. The summed E-state index contributed by atoms with van der Waals surface area (Å²) in [4.78, 5) is 13.1. The molecule has 21 heavy (non-hydrogen) atoms. The zero-order chi connectivity index (χ0) is 14.5. The largest absolute Gasteiger partial charge is 0.493 e. The van der Waals surface area contributed by atoms with Crippen LogP contribution in [0.15, 0.2) is 35.7 Å². The van der Waals surface area contributed by atoms with Crippen molar-refractivity contribution in [1.29, 1.82) is 0 Å². The molecule has 0 saturated carbocycles. The summed E-state index contributed by atoms with van der Waals surface area (Å²) in [7, 11) is 0. The van der Waals surface area contributed by atoms with Crippen molar-refractivity contribution < 1.29 is 9.53 Å². The van der Waals surface area contributed by atoms with Crippen molar-refractivity contribution in [3.05, 3.63) is 51.7 Å². The predicted molar refractivity (Wildman–Crippen MR) is 84.7 cm³/mol. The Kier molecular flexibility index (Phi) is 4.55. The van der Waals surface area contributed by atoms with Crippen LogP contribution >= 0.6 is 11.3 Å². The van der Waals surface area contributed by atoms with E-state index in [2.05, 4.69) is 17.4 Å². The Labute approximate surface area is 129 Å². The van der Waals surface area contributed by atoms with Crippen LogP contribution < -0.4 is 10.1 Å². The number of thiophene rings is 1. The molecule has 1 aliphatic rings. The Morgan fingerprint density at radius 1 is 1.33 bits per heavy atom. The van der Waals surface area contributed by atoms with Gasteiger partial charge in [0.05, 0.1) is 6.61 Å². The standard InChI is InChI=1S/C17H19NO2S/c19-17(8-6-15-4-2-10-21-15)18-12-13-5-7-16-14(11-13)3-1-9-20-16/h2,4-5,7,10-11H,1,3,6,8-9,12H2,(H,18,19). The molecule has 3 nitrogen and oxygen atoms in total. The highest BCUT2D eigenvalue weighted by Gasteiger charge is 2.11. The van der Waals surface area contributed by atoms with E-state index in [-0.39, 0.29) is 5.91 Å². The average molecular weight is 301 g/mol. The third kappa shape index (κ3) is 3.85.